The summed E-state index contributed by atoms with van der Waals surface area (Å²) in [5, 5.41) is 3.15. The van der Waals surface area contributed by atoms with E-state index in [2.05, 4.69) is 39.1 Å². The molecule has 17 heavy (non-hydrogen) atoms. The molecule has 1 fully saturated rings. The molecule has 5 nitrogen and oxygen atoms in total. The summed E-state index contributed by atoms with van der Waals surface area (Å²) in [5.74, 6) is 1.74. The van der Waals surface area contributed by atoms with Crippen molar-refractivity contribution in [2.45, 2.75) is 19.9 Å². The molecule has 1 aromatic rings. The third kappa shape index (κ3) is 2.85. The van der Waals surface area contributed by atoms with E-state index >= 15 is 0 Å². The summed E-state index contributed by atoms with van der Waals surface area (Å²) < 4.78 is 0. The second kappa shape index (κ2) is 5.31. The lowest BCUT2D eigenvalue weighted by atomic mass is 10.2. The van der Waals surface area contributed by atoms with Crippen molar-refractivity contribution < 1.29 is 0 Å². The van der Waals surface area contributed by atoms with Gasteiger partial charge in [-0.15, -0.1) is 0 Å². The van der Waals surface area contributed by atoms with Crippen LogP contribution in [0.1, 0.15) is 13.8 Å². The van der Waals surface area contributed by atoms with Crippen LogP contribution in [0.2, 0.25) is 0 Å². The lowest BCUT2D eigenvalue weighted by Crippen LogP contribution is -2.50. The van der Waals surface area contributed by atoms with Crippen molar-refractivity contribution in [3.63, 3.8) is 0 Å². The Balaban J connectivity index is 2.09. The summed E-state index contributed by atoms with van der Waals surface area (Å²) in [6, 6.07) is 2.56. The zero-order valence-electron chi connectivity index (χ0n) is 10.8. The Bertz CT molecular complexity index is 368. The first-order valence-corrected chi connectivity index (χ1v) is 6.22. The maximum absolute atomic E-state index is 4.53. The highest BCUT2D eigenvalue weighted by Crippen LogP contribution is 2.16. The number of nitrogens with zero attached hydrogens (tertiary/aromatic N) is 4. The van der Waals surface area contributed by atoms with E-state index < -0.39 is 0 Å². The van der Waals surface area contributed by atoms with E-state index in [9.17, 15) is 0 Å². The van der Waals surface area contributed by atoms with Gasteiger partial charge in [-0.2, -0.15) is 4.98 Å². The van der Waals surface area contributed by atoms with Crippen LogP contribution in [-0.2, 0) is 0 Å². The van der Waals surface area contributed by atoms with Crippen molar-refractivity contribution in [3.05, 3.63) is 12.3 Å². The predicted molar refractivity (Wildman–Crippen MR) is 70.5 cm³/mol. The van der Waals surface area contributed by atoms with E-state index in [0.717, 1.165) is 37.9 Å². The maximum atomic E-state index is 4.53. The quantitative estimate of drug-likeness (QED) is 0.848. The van der Waals surface area contributed by atoms with Crippen molar-refractivity contribution in [2.75, 3.05) is 43.4 Å². The molecule has 1 atom stereocenters. The normalized spacial score (nSPS) is 21.6. The molecule has 0 amide bonds. The number of hydrogen-bond acceptors (Lipinski definition) is 5. The molecule has 5 heteroatoms. The van der Waals surface area contributed by atoms with Gasteiger partial charge in [-0.05, 0) is 27.0 Å². The number of aromatic nitrogens is 2. The highest BCUT2D eigenvalue weighted by Gasteiger charge is 2.21. The molecule has 0 bridgehead atoms. The van der Waals surface area contributed by atoms with E-state index in [1.165, 1.54) is 0 Å². The van der Waals surface area contributed by atoms with Gasteiger partial charge in [0.2, 0.25) is 5.95 Å². The molecular weight excluding hydrogens is 214 g/mol. The van der Waals surface area contributed by atoms with Crippen LogP contribution in [0.4, 0.5) is 11.8 Å². The minimum Gasteiger partial charge on any atom is -0.354 e. The Labute approximate surface area is 103 Å². The molecule has 1 aromatic heterocycles. The second-order valence-electron chi connectivity index (χ2n) is 4.54. The van der Waals surface area contributed by atoms with Crippen LogP contribution < -0.4 is 10.2 Å². The smallest absolute Gasteiger partial charge is 0.224 e. The topological polar surface area (TPSA) is 44.3 Å². The van der Waals surface area contributed by atoms with E-state index in [1.54, 1.807) is 0 Å². The summed E-state index contributed by atoms with van der Waals surface area (Å²) in [6.45, 7) is 8.29. The number of piperazine rings is 1. The minimum absolute atomic E-state index is 0.571. The number of hydrogen-bond donors (Lipinski definition) is 1. The largest absolute Gasteiger partial charge is 0.354 e. The molecule has 94 valence electrons. The van der Waals surface area contributed by atoms with Crippen molar-refractivity contribution >= 4 is 11.8 Å². The highest BCUT2D eigenvalue weighted by molar-refractivity contribution is 5.43. The van der Waals surface area contributed by atoms with E-state index in [1.807, 2.05) is 19.2 Å². The van der Waals surface area contributed by atoms with E-state index in [4.69, 9.17) is 0 Å². The molecule has 1 saturated heterocycles. The summed E-state index contributed by atoms with van der Waals surface area (Å²) in [7, 11) is 2.17. The molecule has 1 N–H and O–H groups in total. The average molecular weight is 235 g/mol. The number of rotatable bonds is 3. The van der Waals surface area contributed by atoms with Crippen LogP contribution in [0, 0.1) is 0 Å². The number of anilines is 2. The Morgan fingerprint density at radius 2 is 2.29 bits per heavy atom. The average Bonchev–Trinajstić information content (AvgIpc) is 2.33. The fourth-order valence-corrected chi connectivity index (χ4v) is 2.03. The second-order valence-corrected chi connectivity index (χ2v) is 4.54. The SMILES string of the molecule is CCNc1nccc(N2CCN(C)C(C)C2)n1. The summed E-state index contributed by atoms with van der Waals surface area (Å²) >= 11 is 0. The van der Waals surface area contributed by atoms with Crippen molar-refractivity contribution in [1.29, 1.82) is 0 Å². The lowest BCUT2D eigenvalue weighted by Gasteiger charge is -2.38. The highest BCUT2D eigenvalue weighted by atomic mass is 15.3. The van der Waals surface area contributed by atoms with Gasteiger partial charge in [0.05, 0.1) is 0 Å². The summed E-state index contributed by atoms with van der Waals surface area (Å²) in [6.07, 6.45) is 1.82. The Hall–Kier alpha value is -1.36. The fourth-order valence-electron chi connectivity index (χ4n) is 2.03. The van der Waals surface area contributed by atoms with Crippen molar-refractivity contribution in [2.24, 2.45) is 0 Å². The molecule has 1 aliphatic heterocycles. The van der Waals surface area contributed by atoms with Crippen LogP contribution in [0.15, 0.2) is 12.3 Å². The van der Waals surface area contributed by atoms with Gasteiger partial charge in [-0.25, -0.2) is 4.98 Å². The Morgan fingerprint density at radius 3 is 3.00 bits per heavy atom. The zero-order chi connectivity index (χ0) is 12.3. The lowest BCUT2D eigenvalue weighted by molar-refractivity contribution is 0.233. The third-order valence-corrected chi connectivity index (χ3v) is 3.26. The van der Waals surface area contributed by atoms with Crippen LogP contribution >= 0.6 is 0 Å². The van der Waals surface area contributed by atoms with E-state index in [0.29, 0.717) is 6.04 Å². The molecule has 0 aromatic carbocycles. The molecule has 1 unspecified atom stereocenters. The van der Waals surface area contributed by atoms with Gasteiger partial charge < -0.3 is 15.1 Å². The van der Waals surface area contributed by atoms with E-state index in [-0.39, 0.29) is 0 Å². The number of nitrogens with one attached hydrogen (secondary N) is 1. The van der Waals surface area contributed by atoms with Gasteiger partial charge in [0.15, 0.2) is 0 Å². The molecule has 2 rings (SSSR count). The fraction of sp³-hybridized carbons (Fsp3) is 0.667. The maximum Gasteiger partial charge on any atom is 0.224 e. The Kier molecular flexibility index (Phi) is 3.78. The van der Waals surface area contributed by atoms with Crippen LogP contribution in [0.5, 0.6) is 0 Å². The molecule has 1 aliphatic rings. The van der Waals surface area contributed by atoms with Gasteiger partial charge in [0, 0.05) is 38.4 Å². The van der Waals surface area contributed by atoms with Gasteiger partial charge in [0.25, 0.3) is 0 Å². The monoisotopic (exact) mass is 235 g/mol. The standard InChI is InChI=1S/C12H21N5/c1-4-13-12-14-6-5-11(15-12)17-8-7-16(3)10(2)9-17/h5-6,10H,4,7-9H2,1-3H3,(H,13,14,15). The molecular formula is C12H21N5. The molecule has 0 saturated carbocycles. The zero-order valence-corrected chi connectivity index (χ0v) is 10.8. The minimum atomic E-state index is 0.571. The predicted octanol–water partition coefficient (Wildman–Crippen LogP) is 1.05. The van der Waals surface area contributed by atoms with Crippen LogP contribution in [0.25, 0.3) is 0 Å². The first-order valence-electron chi connectivity index (χ1n) is 6.22. The first kappa shape index (κ1) is 12.1. The number of likely N-dealkylation sites (N-methyl/N-ethyl adjacent to an activating group) is 1. The van der Waals surface area contributed by atoms with Crippen LogP contribution in [0.3, 0.4) is 0 Å². The van der Waals surface area contributed by atoms with Gasteiger partial charge in [-0.1, -0.05) is 0 Å². The first-order chi connectivity index (χ1) is 8.20. The third-order valence-electron chi connectivity index (χ3n) is 3.26. The van der Waals surface area contributed by atoms with Gasteiger partial charge in [0.1, 0.15) is 5.82 Å². The molecule has 0 radical (unpaired) electrons. The molecule has 0 aliphatic carbocycles. The van der Waals surface area contributed by atoms with Crippen molar-refractivity contribution in [3.8, 4) is 0 Å². The van der Waals surface area contributed by atoms with Gasteiger partial charge >= 0.3 is 0 Å². The van der Waals surface area contributed by atoms with Crippen LogP contribution in [-0.4, -0.2) is 54.1 Å². The summed E-state index contributed by atoms with van der Waals surface area (Å²) in [4.78, 5) is 13.4. The molecule has 2 heterocycles. The molecule has 0 spiro atoms. The Morgan fingerprint density at radius 1 is 1.47 bits per heavy atom. The van der Waals surface area contributed by atoms with Crippen molar-refractivity contribution in [1.82, 2.24) is 14.9 Å². The van der Waals surface area contributed by atoms with Gasteiger partial charge in [-0.3, -0.25) is 0 Å². The summed E-state index contributed by atoms with van der Waals surface area (Å²) in [5.41, 5.74) is 0.